The van der Waals surface area contributed by atoms with Gasteiger partial charge in [0.1, 0.15) is 12.4 Å². The number of aryl methyl sites for hydroxylation is 1. The van der Waals surface area contributed by atoms with Crippen molar-refractivity contribution in [1.82, 2.24) is 14.8 Å². The summed E-state index contributed by atoms with van der Waals surface area (Å²) in [5.74, 6) is -1.49. The smallest absolute Gasteiger partial charge is 0.255 e. The molecule has 0 radical (unpaired) electrons. The lowest BCUT2D eigenvalue weighted by Gasteiger charge is -2.09. The standard InChI is InChI=1S/C20H16FN5O2S/c1-12-23-17-10-15(3-4-18(17)29-12)25-20(28)13-7-14(21)9-16(8-13)24-19(27)11-26-6-2-5-22-26/h2-10H,11H2,1H3,(H,24,27)(H,25,28). The van der Waals surface area contributed by atoms with Crippen molar-refractivity contribution in [3.05, 3.63) is 71.2 Å². The van der Waals surface area contributed by atoms with E-state index in [0.717, 1.165) is 27.4 Å². The molecule has 7 nitrogen and oxygen atoms in total. The molecule has 2 heterocycles. The molecule has 0 fully saturated rings. The van der Waals surface area contributed by atoms with E-state index in [0.29, 0.717) is 5.69 Å². The minimum Gasteiger partial charge on any atom is -0.324 e. The van der Waals surface area contributed by atoms with Crippen molar-refractivity contribution in [2.75, 3.05) is 10.6 Å². The van der Waals surface area contributed by atoms with Gasteiger partial charge in [-0.1, -0.05) is 0 Å². The molecule has 29 heavy (non-hydrogen) atoms. The van der Waals surface area contributed by atoms with Crippen LogP contribution < -0.4 is 10.6 Å². The van der Waals surface area contributed by atoms with E-state index in [1.807, 2.05) is 13.0 Å². The molecule has 2 aromatic carbocycles. The number of hydrogen-bond donors (Lipinski definition) is 2. The molecule has 0 atom stereocenters. The second kappa shape index (κ2) is 7.80. The highest BCUT2D eigenvalue weighted by atomic mass is 32.1. The first-order valence-corrected chi connectivity index (χ1v) is 9.54. The topological polar surface area (TPSA) is 88.9 Å². The van der Waals surface area contributed by atoms with Crippen LogP contribution in [0.15, 0.2) is 54.9 Å². The zero-order valence-corrected chi connectivity index (χ0v) is 16.2. The van der Waals surface area contributed by atoms with E-state index < -0.39 is 11.7 Å². The van der Waals surface area contributed by atoms with E-state index in [1.165, 1.54) is 10.7 Å². The average Bonchev–Trinajstić information content (AvgIpc) is 3.29. The fraction of sp³-hybridized carbons (Fsp3) is 0.100. The van der Waals surface area contributed by atoms with Crippen molar-refractivity contribution < 1.29 is 14.0 Å². The van der Waals surface area contributed by atoms with Crippen LogP contribution >= 0.6 is 11.3 Å². The number of carbonyl (C=O) groups is 2. The lowest BCUT2D eigenvalue weighted by molar-refractivity contribution is -0.116. The van der Waals surface area contributed by atoms with Gasteiger partial charge < -0.3 is 10.6 Å². The number of nitrogens with one attached hydrogen (secondary N) is 2. The molecule has 0 aliphatic carbocycles. The van der Waals surface area contributed by atoms with Gasteiger partial charge in [-0.15, -0.1) is 11.3 Å². The van der Waals surface area contributed by atoms with Crippen LogP contribution in [0, 0.1) is 12.7 Å². The molecule has 146 valence electrons. The summed E-state index contributed by atoms with van der Waals surface area (Å²) < 4.78 is 16.5. The molecule has 0 aliphatic heterocycles. The van der Waals surface area contributed by atoms with Gasteiger partial charge in [0.15, 0.2) is 0 Å². The van der Waals surface area contributed by atoms with Gasteiger partial charge in [0.05, 0.1) is 15.2 Å². The van der Waals surface area contributed by atoms with Crippen molar-refractivity contribution >= 4 is 44.7 Å². The van der Waals surface area contributed by atoms with Crippen LogP contribution in [0.2, 0.25) is 0 Å². The summed E-state index contributed by atoms with van der Waals surface area (Å²) in [6.07, 6.45) is 3.20. The van der Waals surface area contributed by atoms with Gasteiger partial charge in [-0.2, -0.15) is 5.10 Å². The number of thiazole rings is 1. The Hall–Kier alpha value is -3.59. The first-order chi connectivity index (χ1) is 14.0. The number of anilines is 2. The molecule has 4 aromatic rings. The molecule has 4 rings (SSSR count). The molecule has 2 aromatic heterocycles. The van der Waals surface area contributed by atoms with Gasteiger partial charge in [-0.05, 0) is 49.4 Å². The Labute approximate surface area is 169 Å². The Morgan fingerprint density at radius 3 is 2.79 bits per heavy atom. The zero-order chi connectivity index (χ0) is 20.4. The molecule has 0 unspecified atom stereocenters. The molecule has 2 amide bonds. The minimum atomic E-state index is -0.627. The minimum absolute atomic E-state index is 0.0158. The lowest BCUT2D eigenvalue weighted by Crippen LogP contribution is -2.19. The van der Waals surface area contributed by atoms with Crippen LogP contribution in [0.25, 0.3) is 10.2 Å². The van der Waals surface area contributed by atoms with Crippen LogP contribution in [-0.4, -0.2) is 26.6 Å². The van der Waals surface area contributed by atoms with E-state index >= 15 is 0 Å². The van der Waals surface area contributed by atoms with E-state index in [1.54, 1.807) is 41.9 Å². The molecule has 0 bridgehead atoms. The number of carbonyl (C=O) groups excluding carboxylic acids is 2. The maximum Gasteiger partial charge on any atom is 0.255 e. The molecule has 2 N–H and O–H groups in total. The van der Waals surface area contributed by atoms with Crippen molar-refractivity contribution in [1.29, 1.82) is 0 Å². The monoisotopic (exact) mass is 409 g/mol. The maximum absolute atomic E-state index is 14.0. The van der Waals surface area contributed by atoms with Crippen molar-refractivity contribution in [3.8, 4) is 0 Å². The number of halogens is 1. The Balaban J connectivity index is 1.49. The molecule has 9 heteroatoms. The Kier molecular flexibility index (Phi) is 5.05. The van der Waals surface area contributed by atoms with Gasteiger partial charge in [-0.3, -0.25) is 14.3 Å². The van der Waals surface area contributed by atoms with Crippen LogP contribution in [0.5, 0.6) is 0 Å². The van der Waals surface area contributed by atoms with Gasteiger partial charge in [0.25, 0.3) is 5.91 Å². The van der Waals surface area contributed by atoms with E-state index in [4.69, 9.17) is 0 Å². The number of amides is 2. The fourth-order valence-electron chi connectivity index (χ4n) is 2.86. The fourth-order valence-corrected chi connectivity index (χ4v) is 3.67. The summed E-state index contributed by atoms with van der Waals surface area (Å²) >= 11 is 1.57. The normalized spacial score (nSPS) is 10.8. The summed E-state index contributed by atoms with van der Waals surface area (Å²) in [6.45, 7) is 1.90. The van der Waals surface area contributed by atoms with E-state index in [9.17, 15) is 14.0 Å². The van der Waals surface area contributed by atoms with Crippen molar-refractivity contribution in [3.63, 3.8) is 0 Å². The molecule has 0 aliphatic rings. The SMILES string of the molecule is Cc1nc2cc(NC(=O)c3cc(F)cc(NC(=O)Cn4cccn4)c3)ccc2s1. The summed E-state index contributed by atoms with van der Waals surface area (Å²) in [5.41, 5.74) is 1.63. The number of hydrogen-bond acceptors (Lipinski definition) is 5. The second-order valence-corrected chi connectivity index (χ2v) is 7.58. The maximum atomic E-state index is 14.0. The predicted molar refractivity (Wildman–Crippen MR) is 110 cm³/mol. The number of fused-ring (bicyclic) bond motifs is 1. The summed E-state index contributed by atoms with van der Waals surface area (Å²) in [5, 5.41) is 10.2. The summed E-state index contributed by atoms with van der Waals surface area (Å²) in [6, 6.07) is 10.8. The van der Waals surface area contributed by atoms with Crippen LogP contribution in [-0.2, 0) is 11.3 Å². The number of nitrogens with zero attached hydrogens (tertiary/aromatic N) is 3. The summed E-state index contributed by atoms with van der Waals surface area (Å²) in [4.78, 5) is 29.1. The zero-order valence-electron chi connectivity index (χ0n) is 15.3. The quantitative estimate of drug-likeness (QED) is 0.524. The van der Waals surface area contributed by atoms with Crippen LogP contribution in [0.1, 0.15) is 15.4 Å². The Bertz CT molecular complexity index is 1200. The van der Waals surface area contributed by atoms with E-state index in [2.05, 4.69) is 20.7 Å². The van der Waals surface area contributed by atoms with Gasteiger partial charge in [-0.25, -0.2) is 9.37 Å². The number of benzene rings is 2. The molecular formula is C20H16FN5O2S. The third-order valence-corrected chi connectivity index (χ3v) is 5.01. The molecular weight excluding hydrogens is 393 g/mol. The van der Waals surface area contributed by atoms with Crippen LogP contribution in [0.3, 0.4) is 0 Å². The Morgan fingerprint density at radius 2 is 2.00 bits per heavy atom. The lowest BCUT2D eigenvalue weighted by atomic mass is 10.1. The molecule has 0 spiro atoms. The first kappa shape index (κ1) is 18.8. The van der Waals surface area contributed by atoms with Gasteiger partial charge in [0.2, 0.25) is 5.91 Å². The second-order valence-electron chi connectivity index (χ2n) is 6.35. The first-order valence-electron chi connectivity index (χ1n) is 8.73. The highest BCUT2D eigenvalue weighted by molar-refractivity contribution is 7.18. The summed E-state index contributed by atoms with van der Waals surface area (Å²) in [7, 11) is 0. The predicted octanol–water partition coefficient (Wildman–Crippen LogP) is 3.83. The highest BCUT2D eigenvalue weighted by Crippen LogP contribution is 2.25. The van der Waals surface area contributed by atoms with Crippen LogP contribution in [0.4, 0.5) is 15.8 Å². The van der Waals surface area contributed by atoms with Crippen molar-refractivity contribution in [2.45, 2.75) is 13.5 Å². The van der Waals surface area contributed by atoms with E-state index in [-0.39, 0.29) is 23.7 Å². The van der Waals surface area contributed by atoms with Gasteiger partial charge >= 0.3 is 0 Å². The largest absolute Gasteiger partial charge is 0.324 e. The number of aromatic nitrogens is 3. The van der Waals surface area contributed by atoms with Crippen molar-refractivity contribution in [2.24, 2.45) is 0 Å². The van der Waals surface area contributed by atoms with Gasteiger partial charge in [0, 0.05) is 29.3 Å². The third kappa shape index (κ3) is 4.46. The molecule has 0 saturated carbocycles. The Morgan fingerprint density at radius 1 is 1.14 bits per heavy atom. The third-order valence-electron chi connectivity index (χ3n) is 4.06. The average molecular weight is 409 g/mol. The number of rotatable bonds is 5. The molecule has 0 saturated heterocycles. The highest BCUT2D eigenvalue weighted by Gasteiger charge is 2.12.